The van der Waals surface area contributed by atoms with E-state index in [0.29, 0.717) is 6.54 Å². The molecule has 2 fully saturated rings. The monoisotopic (exact) mass is 211 g/mol. The fourth-order valence-corrected chi connectivity index (χ4v) is 2.29. The number of likely N-dealkylation sites (tertiary alicyclic amines) is 1. The third kappa shape index (κ3) is 1.85. The van der Waals surface area contributed by atoms with Gasteiger partial charge in [0.05, 0.1) is 6.04 Å². The average Bonchev–Trinajstić information content (AvgIpc) is 2.59. The minimum atomic E-state index is -0.484. The van der Waals surface area contributed by atoms with Gasteiger partial charge in [0.15, 0.2) is 5.78 Å². The van der Waals surface area contributed by atoms with Crippen LogP contribution < -0.4 is 0 Å². The summed E-state index contributed by atoms with van der Waals surface area (Å²) in [4.78, 5) is 24.9. The molecule has 1 aliphatic heterocycles. The van der Waals surface area contributed by atoms with Crippen LogP contribution in [0.15, 0.2) is 0 Å². The molecule has 15 heavy (non-hydrogen) atoms. The van der Waals surface area contributed by atoms with Gasteiger partial charge < -0.3 is 4.74 Å². The van der Waals surface area contributed by atoms with Gasteiger partial charge in [-0.2, -0.15) is 0 Å². The molecule has 84 valence electrons. The Balaban J connectivity index is 2.02. The van der Waals surface area contributed by atoms with E-state index in [0.717, 1.165) is 12.8 Å². The standard InChI is InChI=1S/C11H17NO3/c1-11(2,3)15-10(14)12-6-7-4-5-8(12)9(7)13/h7-8H,4-6H2,1-3H3/t7-,8+/m0/s1. The van der Waals surface area contributed by atoms with Crippen molar-refractivity contribution in [3.05, 3.63) is 0 Å². The molecule has 2 aliphatic rings. The summed E-state index contributed by atoms with van der Waals surface area (Å²) in [5.41, 5.74) is -0.484. The van der Waals surface area contributed by atoms with Gasteiger partial charge in [-0.05, 0) is 33.6 Å². The molecule has 1 saturated carbocycles. The third-order valence-electron chi connectivity index (χ3n) is 2.94. The number of carbonyl (C=O) groups excluding carboxylic acids is 2. The summed E-state index contributed by atoms with van der Waals surface area (Å²) in [6.07, 6.45) is 1.40. The summed E-state index contributed by atoms with van der Waals surface area (Å²) >= 11 is 0. The normalized spacial score (nSPS) is 29.8. The number of ketones is 1. The number of amides is 1. The summed E-state index contributed by atoms with van der Waals surface area (Å²) in [6, 6.07) is -0.204. The predicted octanol–water partition coefficient (Wildman–Crippen LogP) is 1.58. The first-order chi connectivity index (χ1) is 6.88. The van der Waals surface area contributed by atoms with Crippen LogP contribution in [0.3, 0.4) is 0 Å². The van der Waals surface area contributed by atoms with Gasteiger partial charge in [-0.25, -0.2) is 4.79 Å². The molecule has 1 heterocycles. The lowest BCUT2D eigenvalue weighted by molar-refractivity contribution is -0.120. The quantitative estimate of drug-likeness (QED) is 0.611. The van der Waals surface area contributed by atoms with Gasteiger partial charge in [-0.1, -0.05) is 0 Å². The summed E-state index contributed by atoms with van der Waals surface area (Å²) < 4.78 is 5.26. The second kappa shape index (κ2) is 3.22. The van der Waals surface area contributed by atoms with E-state index in [1.807, 2.05) is 20.8 Å². The lowest BCUT2D eigenvalue weighted by Gasteiger charge is -2.29. The van der Waals surface area contributed by atoms with E-state index >= 15 is 0 Å². The van der Waals surface area contributed by atoms with Crippen LogP contribution in [0, 0.1) is 5.92 Å². The Hall–Kier alpha value is -1.06. The summed E-state index contributed by atoms with van der Waals surface area (Å²) in [5.74, 6) is 0.295. The molecule has 0 unspecified atom stereocenters. The summed E-state index contributed by atoms with van der Waals surface area (Å²) in [6.45, 7) is 6.06. The second-order valence-corrected chi connectivity index (χ2v) is 5.33. The number of nitrogens with zero attached hydrogens (tertiary/aromatic N) is 1. The van der Waals surface area contributed by atoms with Crippen LogP contribution in [-0.2, 0) is 9.53 Å². The molecule has 4 heteroatoms. The molecule has 0 spiro atoms. The molecule has 2 rings (SSSR count). The van der Waals surface area contributed by atoms with Crippen LogP contribution in [0.2, 0.25) is 0 Å². The van der Waals surface area contributed by atoms with Crippen LogP contribution in [-0.4, -0.2) is 35.0 Å². The first-order valence-corrected chi connectivity index (χ1v) is 5.42. The summed E-state index contributed by atoms with van der Waals surface area (Å²) in [5, 5.41) is 0. The fraction of sp³-hybridized carbons (Fsp3) is 0.818. The Morgan fingerprint density at radius 1 is 1.40 bits per heavy atom. The lowest BCUT2D eigenvalue weighted by atomic mass is 10.1. The SMILES string of the molecule is CC(C)(C)OC(=O)N1C[C@@H]2CC[C@@H]1C2=O. The first-order valence-electron chi connectivity index (χ1n) is 5.42. The molecule has 0 aromatic carbocycles. The predicted molar refractivity (Wildman–Crippen MR) is 54.5 cm³/mol. The van der Waals surface area contributed by atoms with Gasteiger partial charge in [0.2, 0.25) is 0 Å². The maximum Gasteiger partial charge on any atom is 0.410 e. The molecular formula is C11H17NO3. The molecule has 2 atom stereocenters. The molecular weight excluding hydrogens is 194 g/mol. The average molecular weight is 211 g/mol. The van der Waals surface area contributed by atoms with Gasteiger partial charge in [0.1, 0.15) is 5.60 Å². The number of rotatable bonds is 0. The largest absolute Gasteiger partial charge is 0.444 e. The van der Waals surface area contributed by atoms with Crippen molar-refractivity contribution < 1.29 is 14.3 Å². The Kier molecular flexibility index (Phi) is 2.24. The molecule has 4 nitrogen and oxygen atoms in total. The van der Waals surface area contributed by atoms with E-state index in [1.54, 1.807) is 4.90 Å². The number of ether oxygens (including phenoxy) is 1. The molecule has 1 saturated heterocycles. The summed E-state index contributed by atoms with van der Waals surface area (Å²) in [7, 11) is 0. The topological polar surface area (TPSA) is 46.6 Å². The zero-order chi connectivity index (χ0) is 11.2. The highest BCUT2D eigenvalue weighted by Gasteiger charge is 2.48. The molecule has 1 amide bonds. The van der Waals surface area contributed by atoms with Crippen molar-refractivity contribution in [3.63, 3.8) is 0 Å². The highest BCUT2D eigenvalue weighted by atomic mass is 16.6. The van der Waals surface area contributed by atoms with Crippen LogP contribution in [0.5, 0.6) is 0 Å². The third-order valence-corrected chi connectivity index (χ3v) is 2.94. The van der Waals surface area contributed by atoms with E-state index < -0.39 is 5.60 Å². The van der Waals surface area contributed by atoms with Crippen LogP contribution >= 0.6 is 0 Å². The van der Waals surface area contributed by atoms with Crippen molar-refractivity contribution in [2.24, 2.45) is 5.92 Å². The van der Waals surface area contributed by atoms with Crippen molar-refractivity contribution in [1.29, 1.82) is 0 Å². The molecule has 0 aromatic heterocycles. The van der Waals surface area contributed by atoms with Crippen molar-refractivity contribution in [1.82, 2.24) is 4.90 Å². The van der Waals surface area contributed by atoms with Crippen molar-refractivity contribution in [2.45, 2.75) is 45.3 Å². The molecule has 2 bridgehead atoms. The van der Waals surface area contributed by atoms with Gasteiger partial charge >= 0.3 is 6.09 Å². The Morgan fingerprint density at radius 2 is 2.07 bits per heavy atom. The highest BCUT2D eigenvalue weighted by Crippen LogP contribution is 2.35. The number of hydrogen-bond acceptors (Lipinski definition) is 3. The minimum Gasteiger partial charge on any atom is -0.444 e. The van der Waals surface area contributed by atoms with Crippen molar-refractivity contribution >= 4 is 11.9 Å². The Bertz CT molecular complexity index is 305. The Morgan fingerprint density at radius 3 is 2.47 bits per heavy atom. The van der Waals surface area contributed by atoms with Gasteiger partial charge in [-0.15, -0.1) is 0 Å². The van der Waals surface area contributed by atoms with Crippen molar-refractivity contribution in [2.75, 3.05) is 6.54 Å². The number of carbonyl (C=O) groups is 2. The molecule has 1 aliphatic carbocycles. The smallest absolute Gasteiger partial charge is 0.410 e. The van der Waals surface area contributed by atoms with Crippen LogP contribution in [0.25, 0.3) is 0 Å². The zero-order valence-corrected chi connectivity index (χ0v) is 9.45. The fourth-order valence-electron chi connectivity index (χ4n) is 2.29. The van der Waals surface area contributed by atoms with Gasteiger partial charge in [-0.3, -0.25) is 9.69 Å². The van der Waals surface area contributed by atoms with Crippen molar-refractivity contribution in [3.8, 4) is 0 Å². The van der Waals surface area contributed by atoms with E-state index in [9.17, 15) is 9.59 Å². The maximum absolute atomic E-state index is 11.7. The number of Topliss-reactive ketones (excluding diaryl/α,β-unsaturated/α-hetero) is 1. The zero-order valence-electron chi connectivity index (χ0n) is 9.45. The van der Waals surface area contributed by atoms with Crippen LogP contribution in [0.4, 0.5) is 4.79 Å². The molecule has 0 N–H and O–H groups in total. The number of fused-ring (bicyclic) bond motifs is 2. The minimum absolute atomic E-state index is 0.0718. The number of piperidine rings is 1. The first kappa shape index (κ1) is 10.5. The lowest BCUT2D eigenvalue weighted by Crippen LogP contribution is -2.42. The number of hydrogen-bond donors (Lipinski definition) is 0. The maximum atomic E-state index is 11.7. The van der Waals surface area contributed by atoms with E-state index in [1.165, 1.54) is 0 Å². The molecule has 0 radical (unpaired) electrons. The van der Waals surface area contributed by atoms with E-state index in [-0.39, 0.29) is 23.8 Å². The molecule has 0 aromatic rings. The van der Waals surface area contributed by atoms with Gasteiger partial charge in [0, 0.05) is 12.5 Å². The highest BCUT2D eigenvalue weighted by molar-refractivity contribution is 5.94. The van der Waals surface area contributed by atoms with E-state index in [4.69, 9.17) is 4.74 Å². The van der Waals surface area contributed by atoms with E-state index in [2.05, 4.69) is 0 Å². The van der Waals surface area contributed by atoms with Crippen LogP contribution in [0.1, 0.15) is 33.6 Å². The van der Waals surface area contributed by atoms with Gasteiger partial charge in [0.25, 0.3) is 0 Å². The second-order valence-electron chi connectivity index (χ2n) is 5.33. The Labute approximate surface area is 89.6 Å².